The van der Waals surface area contributed by atoms with Crippen molar-refractivity contribution in [3.8, 4) is 0 Å². The van der Waals surface area contributed by atoms with Crippen molar-refractivity contribution in [3.05, 3.63) is 0 Å². The summed E-state index contributed by atoms with van der Waals surface area (Å²) in [5.41, 5.74) is 0. The highest BCUT2D eigenvalue weighted by atomic mass is 16.6. The molecule has 0 amide bonds. The summed E-state index contributed by atoms with van der Waals surface area (Å²) in [6.07, 6.45) is 10.8. The Hall–Kier alpha value is -2.69. The molecular formula is C38H56O11. The summed E-state index contributed by atoms with van der Waals surface area (Å²) in [6, 6.07) is 0. The minimum absolute atomic E-state index is 0.0312. The standard InChI is InChI=1S/C10H14O3.C9H12O2.C8H12O2.C6H10O2.C5H8O2/c1-2-4-5-3-6-7(8(5)11)10(12)13-9(4)6;1-4-5-2-6-7(3-5)9(10)11-8(4)6;1-5-2-3-6-4-7(5)10-8(6)9;1-5-3-2-4-8-6(5)7;1-4-2-3-7-5(4)6/h4-9,11H,2-3H2,1H3;4-8H,2-3H2,1H3;5-7H,2-4H2,1H3;5H,2-4H2,1H3;4H,2-3H2,1H3. The van der Waals surface area contributed by atoms with E-state index in [1.165, 1.54) is 12.8 Å². The highest BCUT2D eigenvalue weighted by Gasteiger charge is 2.65. The predicted molar refractivity (Wildman–Crippen MR) is 174 cm³/mol. The second-order valence-corrected chi connectivity index (χ2v) is 16.3. The fourth-order valence-corrected chi connectivity index (χ4v) is 10.3. The molecule has 6 bridgehead atoms. The van der Waals surface area contributed by atoms with E-state index in [2.05, 4.69) is 25.5 Å². The van der Waals surface area contributed by atoms with E-state index < -0.39 is 6.10 Å². The third-order valence-corrected chi connectivity index (χ3v) is 13.4. The topological polar surface area (TPSA) is 152 Å². The zero-order chi connectivity index (χ0) is 35.1. The maximum absolute atomic E-state index is 11.4. The van der Waals surface area contributed by atoms with Crippen LogP contribution in [-0.2, 0) is 47.7 Å². The molecular weight excluding hydrogens is 632 g/mol. The zero-order valence-corrected chi connectivity index (χ0v) is 29.8. The number of fused-ring (bicyclic) bond motifs is 4. The van der Waals surface area contributed by atoms with Crippen LogP contribution >= 0.6 is 0 Å². The number of carbonyl (C=O) groups is 5. The highest BCUT2D eigenvalue weighted by Crippen LogP contribution is 2.58. The molecule has 0 spiro atoms. The van der Waals surface area contributed by atoms with Gasteiger partial charge in [0.25, 0.3) is 0 Å². The van der Waals surface area contributed by atoms with Gasteiger partial charge in [-0.1, -0.05) is 34.6 Å². The Bertz CT molecular complexity index is 1270. The van der Waals surface area contributed by atoms with Crippen LogP contribution in [0.2, 0.25) is 0 Å². The van der Waals surface area contributed by atoms with Gasteiger partial charge in [-0.25, -0.2) is 0 Å². The molecule has 11 heteroatoms. The normalized spacial score (nSPS) is 46.8. The van der Waals surface area contributed by atoms with Gasteiger partial charge in [-0.2, -0.15) is 0 Å². The molecule has 16 atom stereocenters. The number of aliphatic hydroxyl groups excluding tert-OH is 1. The van der Waals surface area contributed by atoms with Crippen molar-refractivity contribution < 1.29 is 52.8 Å². The minimum Gasteiger partial charge on any atom is -0.465 e. The molecule has 49 heavy (non-hydrogen) atoms. The molecule has 0 aromatic heterocycles. The van der Waals surface area contributed by atoms with Crippen LogP contribution in [0.4, 0.5) is 0 Å². The molecule has 10 aliphatic rings. The van der Waals surface area contributed by atoms with E-state index in [-0.39, 0.29) is 65.7 Å². The molecule has 5 aliphatic heterocycles. The lowest BCUT2D eigenvalue weighted by molar-refractivity contribution is -0.152. The van der Waals surface area contributed by atoms with E-state index in [9.17, 15) is 29.1 Å². The molecule has 1 N–H and O–H groups in total. The average molecular weight is 689 g/mol. The molecule has 10 fully saturated rings. The van der Waals surface area contributed by atoms with E-state index in [4.69, 9.17) is 18.9 Å². The summed E-state index contributed by atoms with van der Waals surface area (Å²) >= 11 is 0. The van der Waals surface area contributed by atoms with Gasteiger partial charge in [0.05, 0.1) is 48.9 Å². The third-order valence-electron chi connectivity index (χ3n) is 13.4. The van der Waals surface area contributed by atoms with Crippen LogP contribution in [0.3, 0.4) is 0 Å². The van der Waals surface area contributed by atoms with Crippen LogP contribution in [0.25, 0.3) is 0 Å². The maximum Gasteiger partial charge on any atom is 0.312 e. The van der Waals surface area contributed by atoms with Crippen molar-refractivity contribution in [2.75, 3.05) is 13.2 Å². The van der Waals surface area contributed by atoms with Gasteiger partial charge in [0, 0.05) is 17.8 Å². The lowest BCUT2D eigenvalue weighted by Gasteiger charge is -2.27. The first-order valence-electron chi connectivity index (χ1n) is 19.0. The van der Waals surface area contributed by atoms with E-state index in [1.54, 1.807) is 0 Å². The second-order valence-electron chi connectivity index (χ2n) is 16.3. The molecule has 0 aromatic carbocycles. The Morgan fingerprint density at radius 1 is 0.653 bits per heavy atom. The smallest absolute Gasteiger partial charge is 0.312 e. The van der Waals surface area contributed by atoms with Crippen LogP contribution in [0, 0.1) is 71.0 Å². The van der Waals surface area contributed by atoms with Gasteiger partial charge in [-0.3, -0.25) is 24.0 Å². The fraction of sp³-hybridized carbons (Fsp3) is 0.868. The number of hydrogen-bond acceptors (Lipinski definition) is 11. The highest BCUT2D eigenvalue weighted by molar-refractivity contribution is 5.78. The van der Waals surface area contributed by atoms with Crippen molar-refractivity contribution in [3.63, 3.8) is 0 Å². The van der Waals surface area contributed by atoms with Crippen LogP contribution in [-0.4, -0.2) is 72.6 Å². The van der Waals surface area contributed by atoms with Crippen LogP contribution in [0.15, 0.2) is 0 Å². The summed E-state index contributed by atoms with van der Waals surface area (Å²) in [5, 5.41) is 9.88. The Balaban J connectivity index is 0.000000108. The molecule has 0 aromatic rings. The molecule has 0 radical (unpaired) electrons. The Kier molecular flexibility index (Phi) is 11.0. The first kappa shape index (κ1) is 36.1. The van der Waals surface area contributed by atoms with Crippen LogP contribution < -0.4 is 0 Å². The Labute approximate surface area is 289 Å². The van der Waals surface area contributed by atoms with Crippen molar-refractivity contribution in [2.45, 2.75) is 123 Å². The minimum atomic E-state index is -0.416. The number of rotatable bonds is 1. The van der Waals surface area contributed by atoms with Crippen molar-refractivity contribution in [1.82, 2.24) is 0 Å². The summed E-state index contributed by atoms with van der Waals surface area (Å²) < 4.78 is 25.2. The number of hydrogen-bond donors (Lipinski definition) is 1. The van der Waals surface area contributed by atoms with Crippen molar-refractivity contribution in [1.29, 1.82) is 0 Å². The molecule has 274 valence electrons. The first-order chi connectivity index (χ1) is 23.4. The molecule has 5 saturated carbocycles. The van der Waals surface area contributed by atoms with Gasteiger partial charge in [0.1, 0.15) is 18.3 Å². The van der Waals surface area contributed by atoms with Crippen LogP contribution in [0.1, 0.15) is 98.8 Å². The van der Waals surface area contributed by atoms with Gasteiger partial charge in [-0.05, 0) is 87.9 Å². The Morgan fingerprint density at radius 2 is 1.35 bits per heavy atom. The monoisotopic (exact) mass is 688 g/mol. The summed E-state index contributed by atoms with van der Waals surface area (Å²) in [5.74, 6) is 4.29. The molecule has 5 heterocycles. The summed E-state index contributed by atoms with van der Waals surface area (Å²) in [4.78, 5) is 54.5. The molecule has 5 saturated heterocycles. The maximum atomic E-state index is 11.4. The molecule has 16 unspecified atom stereocenters. The molecule has 11 nitrogen and oxygen atoms in total. The van der Waals surface area contributed by atoms with E-state index in [1.807, 2.05) is 13.8 Å². The fourth-order valence-electron chi connectivity index (χ4n) is 10.3. The SMILES string of the molecule is CC1C2CC3C(=O)OC1C3C2.CC1CCC2CC1OC2=O.CC1CCCOC1=O.CC1CCOC1=O.CCC1C2CC3C1OC(=O)C3C2O. The van der Waals surface area contributed by atoms with Gasteiger partial charge in [-0.15, -0.1) is 0 Å². The van der Waals surface area contributed by atoms with E-state index in [0.717, 1.165) is 57.3 Å². The number of aliphatic hydroxyl groups is 1. The number of ether oxygens (including phenoxy) is 5. The van der Waals surface area contributed by atoms with Crippen molar-refractivity contribution >= 4 is 29.8 Å². The van der Waals surface area contributed by atoms with Gasteiger partial charge in [0.2, 0.25) is 0 Å². The quantitative estimate of drug-likeness (QED) is 0.303. The second kappa shape index (κ2) is 14.9. The van der Waals surface area contributed by atoms with Gasteiger partial charge >= 0.3 is 29.8 Å². The largest absolute Gasteiger partial charge is 0.465 e. The number of esters is 5. The number of carbonyl (C=O) groups excluding carboxylic acids is 5. The van der Waals surface area contributed by atoms with Gasteiger partial charge < -0.3 is 28.8 Å². The number of cyclic esters (lactones) is 2. The van der Waals surface area contributed by atoms with E-state index in [0.29, 0.717) is 60.7 Å². The molecule has 5 aliphatic carbocycles. The van der Waals surface area contributed by atoms with Crippen LogP contribution in [0.5, 0.6) is 0 Å². The van der Waals surface area contributed by atoms with Gasteiger partial charge in [0.15, 0.2) is 0 Å². The summed E-state index contributed by atoms with van der Waals surface area (Å²) in [6.45, 7) is 11.5. The zero-order valence-electron chi connectivity index (χ0n) is 29.8. The first-order valence-corrected chi connectivity index (χ1v) is 19.0. The van der Waals surface area contributed by atoms with Crippen molar-refractivity contribution in [2.24, 2.45) is 71.0 Å². The Morgan fingerprint density at radius 3 is 1.90 bits per heavy atom. The lowest BCUT2D eigenvalue weighted by Crippen LogP contribution is -2.36. The summed E-state index contributed by atoms with van der Waals surface area (Å²) in [7, 11) is 0. The average Bonchev–Trinajstić information content (AvgIpc) is 3.94. The lowest BCUT2D eigenvalue weighted by atomic mass is 9.79. The van der Waals surface area contributed by atoms with E-state index >= 15 is 0 Å². The predicted octanol–water partition coefficient (Wildman–Crippen LogP) is 4.65. The third kappa shape index (κ3) is 7.11. The molecule has 10 rings (SSSR count).